The zero-order chi connectivity index (χ0) is 18.9. The van der Waals surface area contributed by atoms with E-state index in [4.69, 9.17) is 5.73 Å². The van der Waals surface area contributed by atoms with E-state index >= 15 is 0 Å². The normalized spacial score (nSPS) is 11.3. The Bertz CT molecular complexity index is 1020. The highest BCUT2D eigenvalue weighted by Gasteiger charge is 2.30. The van der Waals surface area contributed by atoms with Gasteiger partial charge in [-0.25, -0.2) is 4.98 Å². The van der Waals surface area contributed by atoms with E-state index in [1.54, 1.807) is 30.3 Å². The molecule has 1 heterocycles. The highest BCUT2D eigenvalue weighted by molar-refractivity contribution is 7.80. The number of para-hydroxylation sites is 1. The van der Waals surface area contributed by atoms with Gasteiger partial charge in [-0.15, -0.1) is 0 Å². The Morgan fingerprint density at radius 1 is 1.08 bits per heavy atom. The highest BCUT2D eigenvalue weighted by Crippen LogP contribution is 2.32. The van der Waals surface area contributed by atoms with Gasteiger partial charge in [0.2, 0.25) is 0 Å². The van der Waals surface area contributed by atoms with E-state index in [9.17, 15) is 18.0 Å². The first-order valence-corrected chi connectivity index (χ1v) is 7.85. The number of rotatable bonds is 2. The van der Waals surface area contributed by atoms with Crippen LogP contribution in [-0.2, 0) is 6.18 Å². The van der Waals surface area contributed by atoms with Crippen LogP contribution >= 0.6 is 12.2 Å². The van der Waals surface area contributed by atoms with Crippen molar-refractivity contribution in [3.8, 4) is 11.3 Å². The number of benzene rings is 2. The number of hydrogen-bond acceptors (Lipinski definition) is 3. The molecule has 2 aromatic carbocycles. The van der Waals surface area contributed by atoms with Crippen molar-refractivity contribution in [2.45, 2.75) is 6.18 Å². The van der Waals surface area contributed by atoms with Crippen LogP contribution in [0.3, 0.4) is 0 Å². The molecule has 0 fully saturated rings. The Morgan fingerprint density at radius 3 is 2.50 bits per heavy atom. The van der Waals surface area contributed by atoms with Crippen molar-refractivity contribution >= 4 is 34.1 Å². The Labute approximate surface area is 151 Å². The van der Waals surface area contributed by atoms with Crippen LogP contribution in [0.4, 0.5) is 13.2 Å². The van der Waals surface area contributed by atoms with Crippen molar-refractivity contribution < 1.29 is 18.0 Å². The molecule has 0 saturated carbocycles. The molecule has 0 aliphatic heterocycles. The molecule has 8 heteroatoms. The molecule has 3 N–H and O–H groups in total. The monoisotopic (exact) mass is 375 g/mol. The molecule has 0 aliphatic rings. The molecule has 3 aromatic rings. The van der Waals surface area contributed by atoms with Crippen LogP contribution in [0, 0.1) is 0 Å². The average Bonchev–Trinajstić information content (AvgIpc) is 2.59. The molecule has 1 aromatic heterocycles. The van der Waals surface area contributed by atoms with Crippen LogP contribution < -0.4 is 11.1 Å². The SMILES string of the molecule is NC(=S)NC(=O)c1cccc2ccc(-c3cccc(C(F)(F)F)c3)nc12. The molecule has 0 atom stereocenters. The third-order valence-corrected chi connectivity index (χ3v) is 3.79. The number of nitrogens with one attached hydrogen (secondary N) is 1. The van der Waals surface area contributed by atoms with E-state index in [2.05, 4.69) is 22.5 Å². The third-order valence-electron chi connectivity index (χ3n) is 3.69. The summed E-state index contributed by atoms with van der Waals surface area (Å²) in [7, 11) is 0. The van der Waals surface area contributed by atoms with Crippen LogP contribution in [0.2, 0.25) is 0 Å². The minimum atomic E-state index is -4.45. The number of aromatic nitrogens is 1. The number of thiocarbonyl (C=S) groups is 1. The first kappa shape index (κ1) is 17.8. The van der Waals surface area contributed by atoms with E-state index in [1.165, 1.54) is 12.1 Å². The molecular formula is C18H12F3N3OS. The topological polar surface area (TPSA) is 68.0 Å². The zero-order valence-corrected chi connectivity index (χ0v) is 14.0. The highest BCUT2D eigenvalue weighted by atomic mass is 32.1. The standard InChI is InChI=1S/C18H12F3N3OS/c19-18(20,21)12-5-1-4-11(9-12)14-8-7-10-3-2-6-13(15(10)23-14)16(25)24-17(22)26/h1-9H,(H3,22,24,25,26). The second kappa shape index (κ2) is 6.72. The fourth-order valence-corrected chi connectivity index (χ4v) is 2.62. The lowest BCUT2D eigenvalue weighted by molar-refractivity contribution is -0.137. The van der Waals surface area contributed by atoms with Crippen LogP contribution in [0.5, 0.6) is 0 Å². The molecule has 0 bridgehead atoms. The summed E-state index contributed by atoms with van der Waals surface area (Å²) >= 11 is 4.66. The van der Waals surface area contributed by atoms with Gasteiger partial charge in [-0.05, 0) is 36.5 Å². The summed E-state index contributed by atoms with van der Waals surface area (Å²) in [6, 6.07) is 13.1. The average molecular weight is 375 g/mol. The molecular weight excluding hydrogens is 363 g/mol. The van der Waals surface area contributed by atoms with Gasteiger partial charge in [-0.1, -0.05) is 30.3 Å². The third kappa shape index (κ3) is 3.65. The predicted molar refractivity (Wildman–Crippen MR) is 96.4 cm³/mol. The summed E-state index contributed by atoms with van der Waals surface area (Å²) in [5.41, 5.74) is 5.74. The van der Waals surface area contributed by atoms with Gasteiger partial charge < -0.3 is 5.73 Å². The van der Waals surface area contributed by atoms with E-state index in [0.717, 1.165) is 12.1 Å². The summed E-state index contributed by atoms with van der Waals surface area (Å²) in [5, 5.41) is 2.80. The summed E-state index contributed by atoms with van der Waals surface area (Å²) in [5.74, 6) is -0.531. The summed E-state index contributed by atoms with van der Waals surface area (Å²) < 4.78 is 38.8. The minimum absolute atomic E-state index is 0.180. The number of fused-ring (bicyclic) bond motifs is 1. The maximum Gasteiger partial charge on any atom is 0.416 e. The Kier molecular flexibility index (Phi) is 4.60. The number of pyridine rings is 1. The van der Waals surface area contributed by atoms with E-state index in [1.807, 2.05) is 0 Å². The lowest BCUT2D eigenvalue weighted by Gasteiger charge is -2.10. The Balaban J connectivity index is 2.12. The summed E-state index contributed by atoms with van der Waals surface area (Å²) in [4.78, 5) is 16.6. The lowest BCUT2D eigenvalue weighted by atomic mass is 10.0. The van der Waals surface area contributed by atoms with Crippen LogP contribution in [0.1, 0.15) is 15.9 Å². The fourth-order valence-electron chi connectivity index (χ4n) is 2.53. The maximum absolute atomic E-state index is 12.9. The van der Waals surface area contributed by atoms with Crippen LogP contribution in [-0.4, -0.2) is 16.0 Å². The van der Waals surface area contributed by atoms with Crippen molar-refractivity contribution in [2.24, 2.45) is 5.73 Å². The number of carbonyl (C=O) groups excluding carboxylic acids is 1. The molecule has 0 spiro atoms. The second-order valence-electron chi connectivity index (χ2n) is 5.47. The number of amides is 1. The predicted octanol–water partition coefficient (Wildman–Crippen LogP) is 3.89. The smallest absolute Gasteiger partial charge is 0.376 e. The molecule has 0 aliphatic carbocycles. The molecule has 0 radical (unpaired) electrons. The van der Waals surface area contributed by atoms with Gasteiger partial charge in [0.15, 0.2) is 5.11 Å². The number of nitrogens with zero attached hydrogens (tertiary/aromatic N) is 1. The van der Waals surface area contributed by atoms with Crippen LogP contribution in [0.15, 0.2) is 54.6 Å². The molecule has 26 heavy (non-hydrogen) atoms. The van der Waals surface area contributed by atoms with Gasteiger partial charge in [-0.2, -0.15) is 13.2 Å². The number of alkyl halides is 3. The van der Waals surface area contributed by atoms with Crippen molar-refractivity contribution in [1.29, 1.82) is 0 Å². The van der Waals surface area contributed by atoms with Crippen molar-refractivity contribution in [3.63, 3.8) is 0 Å². The number of halogens is 3. The molecule has 0 saturated heterocycles. The Hall–Kier alpha value is -3.00. The van der Waals surface area contributed by atoms with Crippen molar-refractivity contribution in [3.05, 3.63) is 65.7 Å². The number of carbonyl (C=O) groups is 1. The van der Waals surface area contributed by atoms with Gasteiger partial charge in [0.25, 0.3) is 5.91 Å². The van der Waals surface area contributed by atoms with Gasteiger partial charge in [0, 0.05) is 10.9 Å². The lowest BCUT2D eigenvalue weighted by Crippen LogP contribution is -2.34. The van der Waals surface area contributed by atoms with E-state index < -0.39 is 17.6 Å². The molecule has 132 valence electrons. The van der Waals surface area contributed by atoms with Crippen molar-refractivity contribution in [1.82, 2.24) is 10.3 Å². The van der Waals surface area contributed by atoms with Gasteiger partial charge in [0.1, 0.15) is 0 Å². The van der Waals surface area contributed by atoms with Gasteiger partial charge >= 0.3 is 6.18 Å². The fraction of sp³-hybridized carbons (Fsp3) is 0.0556. The minimum Gasteiger partial charge on any atom is -0.376 e. The quantitative estimate of drug-likeness (QED) is 0.667. The molecule has 3 rings (SSSR count). The number of nitrogens with two attached hydrogens (primary N) is 1. The summed E-state index contributed by atoms with van der Waals surface area (Å²) in [6.07, 6.45) is -4.45. The van der Waals surface area contributed by atoms with Gasteiger partial charge in [0.05, 0.1) is 22.3 Å². The molecule has 4 nitrogen and oxygen atoms in total. The number of hydrogen-bond donors (Lipinski definition) is 2. The van der Waals surface area contributed by atoms with E-state index in [-0.39, 0.29) is 10.7 Å². The summed E-state index contributed by atoms with van der Waals surface area (Å²) in [6.45, 7) is 0. The van der Waals surface area contributed by atoms with Crippen LogP contribution in [0.25, 0.3) is 22.2 Å². The van der Waals surface area contributed by atoms with Gasteiger partial charge in [-0.3, -0.25) is 10.1 Å². The first-order valence-electron chi connectivity index (χ1n) is 7.44. The second-order valence-corrected chi connectivity index (χ2v) is 5.91. The molecule has 1 amide bonds. The van der Waals surface area contributed by atoms with E-state index in [0.29, 0.717) is 22.2 Å². The Morgan fingerprint density at radius 2 is 1.81 bits per heavy atom. The zero-order valence-electron chi connectivity index (χ0n) is 13.2. The first-order chi connectivity index (χ1) is 12.3. The largest absolute Gasteiger partial charge is 0.416 e. The maximum atomic E-state index is 12.9. The molecule has 0 unspecified atom stereocenters. The van der Waals surface area contributed by atoms with Crippen molar-refractivity contribution in [2.75, 3.05) is 0 Å².